The van der Waals surface area contributed by atoms with Crippen LogP contribution in [0.5, 0.6) is 0 Å². The highest BCUT2D eigenvalue weighted by molar-refractivity contribution is 6.22. The van der Waals surface area contributed by atoms with Gasteiger partial charge in [-0.15, -0.1) is 5.47 Å². The van der Waals surface area contributed by atoms with Crippen LogP contribution in [0.15, 0.2) is 11.5 Å². The van der Waals surface area contributed by atoms with Crippen molar-refractivity contribution in [1.82, 2.24) is 0 Å². The van der Waals surface area contributed by atoms with E-state index >= 15 is 0 Å². The predicted octanol–water partition coefficient (Wildman–Crippen LogP) is 0.258. The van der Waals surface area contributed by atoms with Crippen molar-refractivity contribution in [2.75, 3.05) is 0 Å². The van der Waals surface area contributed by atoms with E-state index in [4.69, 9.17) is 7.85 Å². The molecule has 0 aliphatic rings. The lowest BCUT2D eigenvalue weighted by atomic mass is 9.98. The van der Waals surface area contributed by atoms with Gasteiger partial charge in [0.1, 0.15) is 14.1 Å². The minimum absolute atomic E-state index is 0.546. The summed E-state index contributed by atoms with van der Waals surface area (Å²) in [6, 6.07) is 0. The Balaban J connectivity index is 3.41. The van der Waals surface area contributed by atoms with Gasteiger partial charge in [0.05, 0.1) is 0 Å². The number of carbonyl (C=O) groups is 1. The van der Waals surface area contributed by atoms with Gasteiger partial charge in [0.2, 0.25) is 0 Å². The largest absolute Gasteiger partial charge is 0.299 e. The Hall–Kier alpha value is -0.525. The third kappa shape index (κ3) is 3.47. The first-order chi connectivity index (χ1) is 2.77. The van der Waals surface area contributed by atoms with Crippen molar-refractivity contribution in [3.8, 4) is 0 Å². The minimum atomic E-state index is 0.546. The molecule has 0 N–H and O–H groups in total. The zero-order valence-electron chi connectivity index (χ0n) is 3.64. The van der Waals surface area contributed by atoms with Crippen LogP contribution in [0.1, 0.15) is 6.92 Å². The first-order valence-electron chi connectivity index (χ1n) is 1.65. The molecular weight excluding hydrogens is 74.9 g/mol. The summed E-state index contributed by atoms with van der Waals surface area (Å²) in [5.41, 5.74) is 0.546. The van der Waals surface area contributed by atoms with Gasteiger partial charge >= 0.3 is 0 Å². The molecular formula is C4H5BO. The molecule has 2 radical (unpaired) electrons. The van der Waals surface area contributed by atoms with Gasteiger partial charge in [0.25, 0.3) is 0 Å². The molecule has 0 fully saturated rings. The second-order valence-electron chi connectivity index (χ2n) is 1.05. The van der Waals surface area contributed by atoms with E-state index in [1.807, 2.05) is 0 Å². The second-order valence-corrected chi connectivity index (χ2v) is 1.05. The van der Waals surface area contributed by atoms with E-state index in [-0.39, 0.29) is 0 Å². The normalized spacial score (nSPS) is 11.2. The summed E-state index contributed by atoms with van der Waals surface area (Å²) in [7, 11) is 5.03. The van der Waals surface area contributed by atoms with Crippen LogP contribution in [-0.2, 0) is 4.79 Å². The summed E-state index contributed by atoms with van der Waals surface area (Å²) in [4.78, 5) is 9.46. The SMILES string of the molecule is [B]/C(C)=C\C=O. The molecule has 0 aromatic heterocycles. The van der Waals surface area contributed by atoms with E-state index < -0.39 is 0 Å². The Kier molecular flexibility index (Phi) is 2.46. The maximum atomic E-state index is 9.46. The molecule has 0 unspecified atom stereocenters. The van der Waals surface area contributed by atoms with Crippen LogP contribution in [0.4, 0.5) is 0 Å². The Bertz CT molecular complexity index is 71.6. The smallest absolute Gasteiger partial charge is 0.141 e. The molecule has 30 valence electrons. The van der Waals surface area contributed by atoms with Crippen LogP contribution in [0.3, 0.4) is 0 Å². The van der Waals surface area contributed by atoms with E-state index in [1.165, 1.54) is 6.08 Å². The van der Waals surface area contributed by atoms with E-state index in [1.54, 1.807) is 6.92 Å². The van der Waals surface area contributed by atoms with E-state index in [0.29, 0.717) is 11.8 Å². The lowest BCUT2D eigenvalue weighted by Crippen LogP contribution is -1.69. The Labute approximate surface area is 38.5 Å². The number of allylic oxidation sites excluding steroid dienone is 2. The molecule has 1 nitrogen and oxygen atoms in total. The van der Waals surface area contributed by atoms with Crippen molar-refractivity contribution >= 4 is 14.1 Å². The van der Waals surface area contributed by atoms with Crippen LogP contribution in [0, 0.1) is 0 Å². The molecule has 0 bridgehead atoms. The average molecular weight is 79.9 g/mol. The molecule has 0 saturated heterocycles. The first kappa shape index (κ1) is 5.47. The highest BCUT2D eigenvalue weighted by atomic mass is 16.1. The summed E-state index contributed by atoms with van der Waals surface area (Å²) >= 11 is 0. The fourth-order valence-corrected chi connectivity index (χ4v) is 0.107. The van der Waals surface area contributed by atoms with Crippen molar-refractivity contribution < 1.29 is 4.79 Å². The molecule has 0 heterocycles. The van der Waals surface area contributed by atoms with Gasteiger partial charge in [-0.2, -0.15) is 0 Å². The fourth-order valence-electron chi connectivity index (χ4n) is 0.107. The van der Waals surface area contributed by atoms with Crippen LogP contribution < -0.4 is 0 Å². The van der Waals surface area contributed by atoms with Crippen LogP contribution >= 0.6 is 0 Å². The average Bonchev–Trinajstić information content (AvgIpc) is 1.35. The molecule has 0 saturated carbocycles. The molecule has 0 amide bonds. The Morgan fingerprint density at radius 1 is 1.83 bits per heavy atom. The molecule has 0 aliphatic heterocycles. The highest BCUT2D eigenvalue weighted by Gasteiger charge is 1.66. The molecule has 2 heteroatoms. The van der Waals surface area contributed by atoms with Crippen LogP contribution in [0.2, 0.25) is 0 Å². The van der Waals surface area contributed by atoms with Gasteiger partial charge in [-0.3, -0.25) is 4.79 Å². The van der Waals surface area contributed by atoms with E-state index in [2.05, 4.69) is 0 Å². The monoisotopic (exact) mass is 80.0 g/mol. The number of hydrogen-bond donors (Lipinski definition) is 0. The molecule has 6 heavy (non-hydrogen) atoms. The number of rotatable bonds is 1. The molecule has 0 aliphatic carbocycles. The topological polar surface area (TPSA) is 17.1 Å². The summed E-state index contributed by atoms with van der Waals surface area (Å²) in [5.74, 6) is 0. The van der Waals surface area contributed by atoms with Crippen molar-refractivity contribution in [3.63, 3.8) is 0 Å². The van der Waals surface area contributed by atoms with E-state index in [9.17, 15) is 4.79 Å². The van der Waals surface area contributed by atoms with E-state index in [0.717, 1.165) is 0 Å². The maximum Gasteiger partial charge on any atom is 0.141 e. The number of hydrogen-bond acceptors (Lipinski definition) is 1. The third-order valence-corrected chi connectivity index (χ3v) is 0.331. The zero-order chi connectivity index (χ0) is 4.99. The Morgan fingerprint density at radius 2 is 2.33 bits per heavy atom. The summed E-state index contributed by atoms with van der Waals surface area (Å²) < 4.78 is 0. The predicted molar refractivity (Wildman–Crippen MR) is 25.6 cm³/mol. The van der Waals surface area contributed by atoms with Gasteiger partial charge in [0, 0.05) is 0 Å². The second kappa shape index (κ2) is 2.70. The zero-order valence-corrected chi connectivity index (χ0v) is 3.64. The van der Waals surface area contributed by atoms with Crippen LogP contribution in [-0.4, -0.2) is 14.1 Å². The number of carbonyl (C=O) groups excluding carboxylic acids is 1. The van der Waals surface area contributed by atoms with Gasteiger partial charge in [-0.05, 0) is 6.08 Å². The third-order valence-electron chi connectivity index (χ3n) is 0.331. The maximum absolute atomic E-state index is 9.46. The summed E-state index contributed by atoms with van der Waals surface area (Å²) in [5, 5.41) is 0. The molecule has 0 atom stereocenters. The lowest BCUT2D eigenvalue weighted by Gasteiger charge is -1.73. The summed E-state index contributed by atoms with van der Waals surface area (Å²) in [6.45, 7) is 1.66. The van der Waals surface area contributed by atoms with Gasteiger partial charge in [0.15, 0.2) is 0 Å². The molecule has 0 aromatic rings. The molecule has 0 rings (SSSR count). The van der Waals surface area contributed by atoms with Crippen molar-refractivity contribution in [3.05, 3.63) is 11.5 Å². The lowest BCUT2D eigenvalue weighted by molar-refractivity contribution is -0.104. The van der Waals surface area contributed by atoms with Crippen molar-refractivity contribution in [1.29, 1.82) is 0 Å². The van der Waals surface area contributed by atoms with Crippen molar-refractivity contribution in [2.24, 2.45) is 0 Å². The summed E-state index contributed by atoms with van der Waals surface area (Å²) in [6.07, 6.45) is 1.97. The number of aldehydes is 1. The molecule has 0 spiro atoms. The first-order valence-corrected chi connectivity index (χ1v) is 1.65. The molecule has 0 aromatic carbocycles. The minimum Gasteiger partial charge on any atom is -0.299 e. The van der Waals surface area contributed by atoms with Gasteiger partial charge in [-0.25, -0.2) is 0 Å². The van der Waals surface area contributed by atoms with Crippen molar-refractivity contribution in [2.45, 2.75) is 6.92 Å². The Morgan fingerprint density at radius 3 is 2.33 bits per heavy atom. The fraction of sp³-hybridized carbons (Fsp3) is 0.250. The van der Waals surface area contributed by atoms with Gasteiger partial charge in [-0.1, -0.05) is 6.92 Å². The standard InChI is InChI=1S/C4H5BO/c1-4(5)2-3-6/h2-3H,1H3/b4-2-. The van der Waals surface area contributed by atoms with Crippen LogP contribution in [0.25, 0.3) is 0 Å². The quantitative estimate of drug-likeness (QED) is 0.251. The van der Waals surface area contributed by atoms with Gasteiger partial charge < -0.3 is 0 Å². The highest BCUT2D eigenvalue weighted by Crippen LogP contribution is 1.74.